The van der Waals surface area contributed by atoms with Gasteiger partial charge in [0.25, 0.3) is 0 Å². The van der Waals surface area contributed by atoms with Crippen LogP contribution in [-0.2, 0) is 6.54 Å². The Morgan fingerprint density at radius 1 is 1.11 bits per heavy atom. The van der Waals surface area contributed by atoms with Gasteiger partial charge < -0.3 is 15.3 Å². The molecule has 2 N–H and O–H groups in total. The lowest BCUT2D eigenvalue weighted by molar-refractivity contribution is 0.475. The van der Waals surface area contributed by atoms with Crippen LogP contribution in [0.2, 0.25) is 5.02 Å². The van der Waals surface area contributed by atoms with Crippen molar-refractivity contribution in [3.8, 4) is 5.75 Å². The first-order chi connectivity index (χ1) is 9.06. The fourth-order valence-electron chi connectivity index (χ4n) is 1.80. The highest BCUT2D eigenvalue weighted by Crippen LogP contribution is 2.27. The number of phenolic OH excluding ortho intramolecular Hbond substituents is 1. The van der Waals surface area contributed by atoms with E-state index in [1.807, 2.05) is 49.3 Å². The maximum Gasteiger partial charge on any atom is 0.115 e. The summed E-state index contributed by atoms with van der Waals surface area (Å²) in [6, 6.07) is 13.0. The molecule has 4 heteroatoms. The second kappa shape index (κ2) is 5.85. The summed E-state index contributed by atoms with van der Waals surface area (Å²) in [6.07, 6.45) is 0. The van der Waals surface area contributed by atoms with Crippen LogP contribution >= 0.6 is 11.6 Å². The van der Waals surface area contributed by atoms with Gasteiger partial charge in [0.1, 0.15) is 5.75 Å². The molecule has 2 rings (SSSR count). The summed E-state index contributed by atoms with van der Waals surface area (Å²) in [7, 11) is 3.93. The summed E-state index contributed by atoms with van der Waals surface area (Å²) in [5.74, 6) is 0.280. The number of aromatic hydroxyl groups is 1. The van der Waals surface area contributed by atoms with Crippen molar-refractivity contribution in [3.05, 3.63) is 53.1 Å². The predicted molar refractivity (Wildman–Crippen MR) is 81.2 cm³/mol. The molecule has 0 heterocycles. The molecule has 0 fully saturated rings. The summed E-state index contributed by atoms with van der Waals surface area (Å²) in [5.41, 5.74) is 3.08. The van der Waals surface area contributed by atoms with E-state index in [1.54, 1.807) is 12.1 Å². The lowest BCUT2D eigenvalue weighted by Gasteiger charge is -2.15. The zero-order valence-corrected chi connectivity index (χ0v) is 11.8. The maximum absolute atomic E-state index is 9.22. The highest BCUT2D eigenvalue weighted by atomic mass is 35.5. The third kappa shape index (κ3) is 3.55. The van der Waals surface area contributed by atoms with Crippen molar-refractivity contribution in [3.63, 3.8) is 0 Å². The topological polar surface area (TPSA) is 35.5 Å². The summed E-state index contributed by atoms with van der Waals surface area (Å²) >= 11 is 6.21. The molecular formula is C15H17ClN2O. The van der Waals surface area contributed by atoms with Gasteiger partial charge in [-0.15, -0.1) is 0 Å². The molecule has 0 atom stereocenters. The third-order valence-corrected chi connectivity index (χ3v) is 3.17. The molecule has 0 aromatic heterocycles. The number of nitrogens with zero attached hydrogens (tertiary/aromatic N) is 1. The number of nitrogens with one attached hydrogen (secondary N) is 1. The Labute approximate surface area is 118 Å². The van der Waals surface area contributed by atoms with E-state index < -0.39 is 0 Å². The molecule has 0 unspecified atom stereocenters. The largest absolute Gasteiger partial charge is 0.508 e. The fraction of sp³-hybridized carbons (Fsp3) is 0.200. The Bertz CT molecular complexity index is 553. The fourth-order valence-corrected chi connectivity index (χ4v) is 2.15. The molecule has 0 amide bonds. The van der Waals surface area contributed by atoms with Crippen molar-refractivity contribution >= 4 is 23.0 Å². The number of phenols is 1. The molecule has 0 spiro atoms. The SMILES string of the molecule is CN(C)c1ccc(NCc2ccc(O)cc2)cc1Cl. The van der Waals surface area contributed by atoms with E-state index in [9.17, 15) is 5.11 Å². The monoisotopic (exact) mass is 276 g/mol. The molecule has 0 aliphatic rings. The number of halogens is 1. The molecule has 100 valence electrons. The van der Waals surface area contributed by atoms with E-state index in [4.69, 9.17) is 11.6 Å². The number of hydrogen-bond donors (Lipinski definition) is 2. The van der Waals surface area contributed by atoms with Crippen molar-refractivity contribution in [1.29, 1.82) is 0 Å². The van der Waals surface area contributed by atoms with Crippen molar-refractivity contribution < 1.29 is 5.11 Å². The first-order valence-electron chi connectivity index (χ1n) is 6.05. The summed E-state index contributed by atoms with van der Waals surface area (Å²) < 4.78 is 0. The summed E-state index contributed by atoms with van der Waals surface area (Å²) in [4.78, 5) is 1.98. The van der Waals surface area contributed by atoms with Crippen LogP contribution in [0.3, 0.4) is 0 Å². The van der Waals surface area contributed by atoms with Gasteiger partial charge in [-0.3, -0.25) is 0 Å². The minimum Gasteiger partial charge on any atom is -0.508 e. The highest BCUT2D eigenvalue weighted by Gasteiger charge is 2.03. The maximum atomic E-state index is 9.22. The van der Waals surface area contributed by atoms with Gasteiger partial charge in [-0.05, 0) is 35.9 Å². The lowest BCUT2D eigenvalue weighted by atomic mass is 10.2. The Morgan fingerprint density at radius 2 is 1.79 bits per heavy atom. The minimum absolute atomic E-state index is 0.280. The molecule has 2 aromatic rings. The van der Waals surface area contributed by atoms with E-state index in [0.717, 1.165) is 22.0 Å². The Morgan fingerprint density at radius 3 is 2.37 bits per heavy atom. The Kier molecular flexibility index (Phi) is 4.17. The average Bonchev–Trinajstić information content (AvgIpc) is 2.37. The number of benzene rings is 2. The lowest BCUT2D eigenvalue weighted by Crippen LogP contribution is -2.09. The first kappa shape index (κ1) is 13.6. The van der Waals surface area contributed by atoms with Crippen molar-refractivity contribution in [1.82, 2.24) is 0 Å². The zero-order chi connectivity index (χ0) is 13.8. The van der Waals surface area contributed by atoms with Crippen LogP contribution in [-0.4, -0.2) is 19.2 Å². The van der Waals surface area contributed by atoms with E-state index in [0.29, 0.717) is 6.54 Å². The van der Waals surface area contributed by atoms with Gasteiger partial charge in [0, 0.05) is 26.3 Å². The second-order valence-corrected chi connectivity index (χ2v) is 4.99. The highest BCUT2D eigenvalue weighted by molar-refractivity contribution is 6.33. The molecule has 0 bridgehead atoms. The summed E-state index contributed by atoms with van der Waals surface area (Å²) in [5, 5.41) is 13.2. The normalized spacial score (nSPS) is 10.3. The average molecular weight is 277 g/mol. The number of anilines is 2. The van der Waals surface area contributed by atoms with Gasteiger partial charge in [-0.25, -0.2) is 0 Å². The van der Waals surface area contributed by atoms with Gasteiger partial charge in [-0.1, -0.05) is 23.7 Å². The minimum atomic E-state index is 0.280. The molecule has 0 saturated carbocycles. The van der Waals surface area contributed by atoms with Gasteiger partial charge >= 0.3 is 0 Å². The molecule has 0 aliphatic carbocycles. The predicted octanol–water partition coefficient (Wildman–Crippen LogP) is 3.72. The molecule has 0 radical (unpaired) electrons. The molecule has 0 aliphatic heterocycles. The van der Waals surface area contributed by atoms with Crippen LogP contribution in [0.4, 0.5) is 11.4 Å². The van der Waals surface area contributed by atoms with Gasteiger partial charge in [0.15, 0.2) is 0 Å². The van der Waals surface area contributed by atoms with E-state index in [2.05, 4.69) is 5.32 Å². The van der Waals surface area contributed by atoms with Crippen LogP contribution in [0, 0.1) is 0 Å². The van der Waals surface area contributed by atoms with E-state index >= 15 is 0 Å². The standard InChI is InChI=1S/C15H17ClN2O/c1-18(2)15-8-5-12(9-14(15)16)17-10-11-3-6-13(19)7-4-11/h3-9,17,19H,10H2,1-2H3. The van der Waals surface area contributed by atoms with Gasteiger partial charge in [0.2, 0.25) is 0 Å². The zero-order valence-electron chi connectivity index (χ0n) is 11.0. The Balaban J connectivity index is 2.04. The van der Waals surface area contributed by atoms with E-state index in [-0.39, 0.29) is 5.75 Å². The van der Waals surface area contributed by atoms with Crippen molar-refractivity contribution in [2.24, 2.45) is 0 Å². The van der Waals surface area contributed by atoms with Crippen LogP contribution in [0.5, 0.6) is 5.75 Å². The molecule has 2 aromatic carbocycles. The van der Waals surface area contributed by atoms with E-state index in [1.165, 1.54) is 0 Å². The molecular weight excluding hydrogens is 260 g/mol. The first-order valence-corrected chi connectivity index (χ1v) is 6.43. The smallest absolute Gasteiger partial charge is 0.115 e. The third-order valence-electron chi connectivity index (χ3n) is 2.86. The second-order valence-electron chi connectivity index (χ2n) is 4.58. The van der Waals surface area contributed by atoms with Crippen LogP contribution in [0.15, 0.2) is 42.5 Å². The molecule has 0 saturated heterocycles. The Hall–Kier alpha value is -1.87. The number of hydrogen-bond acceptors (Lipinski definition) is 3. The van der Waals surface area contributed by atoms with Crippen LogP contribution < -0.4 is 10.2 Å². The molecule has 19 heavy (non-hydrogen) atoms. The van der Waals surface area contributed by atoms with Crippen LogP contribution in [0.25, 0.3) is 0 Å². The van der Waals surface area contributed by atoms with Crippen molar-refractivity contribution in [2.75, 3.05) is 24.3 Å². The quantitative estimate of drug-likeness (QED) is 0.893. The van der Waals surface area contributed by atoms with Crippen LogP contribution in [0.1, 0.15) is 5.56 Å². The number of rotatable bonds is 4. The van der Waals surface area contributed by atoms with Gasteiger partial charge in [0.05, 0.1) is 10.7 Å². The molecule has 3 nitrogen and oxygen atoms in total. The van der Waals surface area contributed by atoms with Crippen molar-refractivity contribution in [2.45, 2.75) is 6.54 Å². The van der Waals surface area contributed by atoms with Gasteiger partial charge in [-0.2, -0.15) is 0 Å². The summed E-state index contributed by atoms with van der Waals surface area (Å²) in [6.45, 7) is 0.692.